The van der Waals surface area contributed by atoms with Crippen LogP contribution < -0.4 is 5.32 Å². The third kappa shape index (κ3) is 8.35. The van der Waals surface area contributed by atoms with Crippen LogP contribution >= 0.6 is 0 Å². The number of fused-ring (bicyclic) bond motifs is 1. The SMILES string of the molecule is CC[C@H](C)[C@@H]1C(=O)N[C@H](C2Cc3ccccc3C2)C(=O)N1[C@@H](C(=O)N1CCOCC1)c1ccc(C)nc1C.O.O=S(=O)(O)c1ccccc1. The molecule has 264 valence electrons. The Balaban J connectivity index is 0.000000424. The van der Waals surface area contributed by atoms with E-state index >= 15 is 0 Å². The highest BCUT2D eigenvalue weighted by Gasteiger charge is 2.51. The Kier molecular flexibility index (Phi) is 12.3. The first kappa shape index (κ1) is 37.6. The number of piperazine rings is 1. The van der Waals surface area contributed by atoms with E-state index in [-0.39, 0.29) is 39.9 Å². The molecule has 12 nitrogen and oxygen atoms in total. The van der Waals surface area contributed by atoms with Crippen LogP contribution in [0.25, 0.3) is 0 Å². The van der Waals surface area contributed by atoms with Gasteiger partial charge in [0.2, 0.25) is 17.7 Å². The van der Waals surface area contributed by atoms with Crippen LogP contribution in [0.4, 0.5) is 0 Å². The molecule has 3 amide bonds. The number of carbonyl (C=O) groups is 3. The number of aryl methyl sites for hydroxylation is 2. The van der Waals surface area contributed by atoms with Gasteiger partial charge in [-0.3, -0.25) is 23.9 Å². The van der Waals surface area contributed by atoms with Crippen molar-refractivity contribution in [3.8, 4) is 0 Å². The van der Waals surface area contributed by atoms with Crippen molar-refractivity contribution in [3.05, 3.63) is 94.8 Å². The maximum Gasteiger partial charge on any atom is 0.294 e. The van der Waals surface area contributed by atoms with Crippen LogP contribution in [-0.4, -0.2) is 89.3 Å². The summed E-state index contributed by atoms with van der Waals surface area (Å²) in [6.07, 6.45) is 2.15. The number of amides is 3. The van der Waals surface area contributed by atoms with E-state index in [4.69, 9.17) is 9.29 Å². The number of rotatable bonds is 7. The maximum absolute atomic E-state index is 14.5. The second-order valence-corrected chi connectivity index (χ2v) is 14.2. The van der Waals surface area contributed by atoms with Crippen LogP contribution in [0.2, 0.25) is 0 Å². The highest BCUT2D eigenvalue weighted by Crippen LogP contribution is 2.37. The van der Waals surface area contributed by atoms with Crippen molar-refractivity contribution < 1.29 is 37.6 Å². The Bertz CT molecular complexity index is 1720. The van der Waals surface area contributed by atoms with Crippen molar-refractivity contribution in [2.45, 2.75) is 70.0 Å². The van der Waals surface area contributed by atoms with Gasteiger partial charge in [0.05, 0.1) is 18.1 Å². The summed E-state index contributed by atoms with van der Waals surface area (Å²) in [5.41, 5.74) is 4.65. The lowest BCUT2D eigenvalue weighted by molar-refractivity contribution is -0.163. The number of hydrogen-bond donors (Lipinski definition) is 2. The van der Waals surface area contributed by atoms with Crippen molar-refractivity contribution in [2.24, 2.45) is 11.8 Å². The van der Waals surface area contributed by atoms with Crippen LogP contribution in [-0.2, 0) is 42.1 Å². The number of pyridine rings is 1. The smallest absolute Gasteiger partial charge is 0.294 e. The fraction of sp³-hybridized carbons (Fsp3) is 0.444. The van der Waals surface area contributed by atoms with Gasteiger partial charge in [-0.1, -0.05) is 68.8 Å². The fourth-order valence-corrected chi connectivity index (χ4v) is 7.35. The minimum absolute atomic E-state index is 0. The molecule has 0 unspecified atom stereocenters. The Labute approximate surface area is 287 Å². The molecule has 4 atom stereocenters. The molecule has 1 aliphatic carbocycles. The van der Waals surface area contributed by atoms with E-state index in [9.17, 15) is 22.8 Å². The molecule has 4 N–H and O–H groups in total. The molecule has 13 heteroatoms. The van der Waals surface area contributed by atoms with E-state index < -0.39 is 28.2 Å². The van der Waals surface area contributed by atoms with Gasteiger partial charge >= 0.3 is 0 Å². The molecule has 0 spiro atoms. The summed E-state index contributed by atoms with van der Waals surface area (Å²) in [4.78, 5) is 50.5. The summed E-state index contributed by atoms with van der Waals surface area (Å²) in [6, 6.07) is 17.0. The monoisotopic (exact) mass is 694 g/mol. The van der Waals surface area contributed by atoms with Crippen molar-refractivity contribution >= 4 is 27.8 Å². The topological polar surface area (TPSA) is 178 Å². The number of hydrogen-bond acceptors (Lipinski definition) is 7. The number of benzene rings is 2. The molecule has 2 saturated heterocycles. The minimum Gasteiger partial charge on any atom is -0.412 e. The largest absolute Gasteiger partial charge is 0.412 e. The molecule has 0 bridgehead atoms. The number of aromatic nitrogens is 1. The van der Waals surface area contributed by atoms with Crippen molar-refractivity contribution in [1.82, 2.24) is 20.1 Å². The van der Waals surface area contributed by atoms with E-state index in [0.717, 1.165) is 18.5 Å². The summed E-state index contributed by atoms with van der Waals surface area (Å²) >= 11 is 0. The molecular formula is C36H46N4O8S. The van der Waals surface area contributed by atoms with Gasteiger partial charge in [0.25, 0.3) is 10.1 Å². The van der Waals surface area contributed by atoms with E-state index in [2.05, 4.69) is 22.4 Å². The van der Waals surface area contributed by atoms with Gasteiger partial charge in [0, 0.05) is 30.0 Å². The van der Waals surface area contributed by atoms with Gasteiger partial charge in [-0.2, -0.15) is 8.42 Å². The average Bonchev–Trinajstić information content (AvgIpc) is 3.51. The molecule has 2 fully saturated rings. The quantitative estimate of drug-likeness (QED) is 0.355. The van der Waals surface area contributed by atoms with Gasteiger partial charge in [-0.25, -0.2) is 0 Å². The van der Waals surface area contributed by atoms with Crippen LogP contribution in [0.3, 0.4) is 0 Å². The first-order valence-electron chi connectivity index (χ1n) is 16.4. The summed E-state index contributed by atoms with van der Waals surface area (Å²) in [6.45, 7) is 9.59. The predicted molar refractivity (Wildman–Crippen MR) is 183 cm³/mol. The first-order valence-corrected chi connectivity index (χ1v) is 17.9. The van der Waals surface area contributed by atoms with Crippen molar-refractivity contribution in [1.29, 1.82) is 0 Å². The summed E-state index contributed by atoms with van der Waals surface area (Å²) in [5, 5.41) is 3.10. The van der Waals surface area contributed by atoms with Crippen LogP contribution in [0, 0.1) is 25.7 Å². The Hall–Kier alpha value is -4.17. The van der Waals surface area contributed by atoms with Gasteiger partial charge in [0.15, 0.2) is 0 Å². The van der Waals surface area contributed by atoms with Crippen LogP contribution in [0.5, 0.6) is 0 Å². The number of carbonyl (C=O) groups excluding carboxylic acids is 3. The molecular weight excluding hydrogens is 648 g/mol. The maximum atomic E-state index is 14.5. The van der Waals surface area contributed by atoms with Gasteiger partial charge in [-0.05, 0) is 67.9 Å². The Morgan fingerprint density at radius 3 is 2.10 bits per heavy atom. The molecule has 6 rings (SSSR count). The highest BCUT2D eigenvalue weighted by molar-refractivity contribution is 7.85. The molecule has 3 aliphatic rings. The lowest BCUT2D eigenvalue weighted by atomic mass is 9.85. The second kappa shape index (κ2) is 16.0. The average molecular weight is 695 g/mol. The summed E-state index contributed by atoms with van der Waals surface area (Å²) in [5.74, 6) is -0.719. The standard InChI is InChI=1S/C30H38N4O4.C6H6O3S.H2O/c1-5-18(2)26-28(35)32-25(23-16-21-8-6-7-9-22(21)17-23)29(36)34(26)27(24-11-10-19(3)31-20(24)4)30(37)33-12-14-38-15-13-33;7-10(8,9)6-4-2-1-3-5-6;/h6-11,18,23,25-27H,5,12-17H2,1-4H3,(H,32,35);1-5H,(H,7,8,9);1H2/t18-,25+,26+,27+;;/m0../s1. The first-order chi connectivity index (χ1) is 22.9. The molecule has 2 aromatic carbocycles. The molecule has 1 aromatic heterocycles. The van der Waals surface area contributed by atoms with Gasteiger partial charge in [-0.15, -0.1) is 0 Å². The van der Waals surface area contributed by atoms with Gasteiger partial charge < -0.3 is 25.3 Å². The minimum atomic E-state index is -4.00. The second-order valence-electron chi connectivity index (χ2n) is 12.8. The third-order valence-electron chi connectivity index (χ3n) is 9.56. The van der Waals surface area contributed by atoms with E-state index in [1.54, 1.807) is 28.0 Å². The zero-order valence-corrected chi connectivity index (χ0v) is 29.2. The predicted octanol–water partition coefficient (Wildman–Crippen LogP) is 2.86. The van der Waals surface area contributed by atoms with E-state index in [0.29, 0.717) is 44.0 Å². The number of nitrogens with one attached hydrogen (secondary N) is 1. The van der Waals surface area contributed by atoms with Crippen LogP contribution in [0.1, 0.15) is 54.4 Å². The fourth-order valence-electron chi connectivity index (χ4n) is 6.85. The van der Waals surface area contributed by atoms with E-state index in [1.165, 1.54) is 23.3 Å². The summed E-state index contributed by atoms with van der Waals surface area (Å²) < 4.78 is 34.7. The van der Waals surface area contributed by atoms with Crippen molar-refractivity contribution in [2.75, 3.05) is 26.3 Å². The molecule has 2 aliphatic heterocycles. The van der Waals surface area contributed by atoms with E-state index in [1.807, 2.05) is 52.0 Å². The Morgan fingerprint density at radius 2 is 1.57 bits per heavy atom. The highest BCUT2D eigenvalue weighted by atomic mass is 32.2. The Morgan fingerprint density at radius 1 is 0.980 bits per heavy atom. The molecule has 0 radical (unpaired) electrons. The number of nitrogens with zero attached hydrogens (tertiary/aromatic N) is 3. The number of morpholine rings is 1. The lowest BCUT2D eigenvalue weighted by Crippen LogP contribution is -2.68. The zero-order valence-electron chi connectivity index (χ0n) is 28.3. The molecule has 49 heavy (non-hydrogen) atoms. The van der Waals surface area contributed by atoms with Gasteiger partial charge in [0.1, 0.15) is 18.1 Å². The molecule has 3 aromatic rings. The molecule has 0 saturated carbocycles. The van der Waals surface area contributed by atoms with Crippen molar-refractivity contribution in [3.63, 3.8) is 0 Å². The zero-order chi connectivity index (χ0) is 34.6. The summed E-state index contributed by atoms with van der Waals surface area (Å²) in [7, 11) is -4.00. The normalized spacial score (nSPS) is 20.7. The molecule has 3 heterocycles. The lowest BCUT2D eigenvalue weighted by Gasteiger charge is -2.47. The third-order valence-corrected chi connectivity index (χ3v) is 10.4. The van der Waals surface area contributed by atoms with Crippen LogP contribution in [0.15, 0.2) is 71.6 Å². The number of ether oxygens (including phenoxy) is 1.